The van der Waals surface area contributed by atoms with Crippen LogP contribution in [0.3, 0.4) is 0 Å². The van der Waals surface area contributed by atoms with E-state index in [1.54, 1.807) is 6.20 Å². The number of benzene rings is 9. The SMILES string of the molecule is C/C=C\C(=C/N)c1cccc(/C(N)=C/C(=NCc2ccc3c4ccccc4c4ccccc4c3c2)c2cccc(-c3cc4ccccc4c4ccccc34)c2)c1. The number of fused-ring (bicyclic) bond motifs is 9. The highest BCUT2D eigenvalue weighted by molar-refractivity contribution is 6.25. The van der Waals surface area contributed by atoms with Crippen LogP contribution in [0.1, 0.15) is 29.2 Å². The van der Waals surface area contributed by atoms with E-state index >= 15 is 0 Å². The Kier molecular flexibility index (Phi) is 9.18. The molecule has 56 heavy (non-hydrogen) atoms. The third kappa shape index (κ3) is 6.40. The largest absolute Gasteiger partial charge is 0.404 e. The highest BCUT2D eigenvalue weighted by Gasteiger charge is 2.13. The van der Waals surface area contributed by atoms with Gasteiger partial charge in [0, 0.05) is 17.5 Å². The van der Waals surface area contributed by atoms with Gasteiger partial charge in [-0.3, -0.25) is 4.99 Å². The molecule has 0 saturated carbocycles. The molecule has 3 nitrogen and oxygen atoms in total. The first-order chi connectivity index (χ1) is 27.6. The zero-order chi connectivity index (χ0) is 38.0. The van der Waals surface area contributed by atoms with E-state index in [0.29, 0.717) is 12.2 Å². The lowest BCUT2D eigenvalue weighted by atomic mass is 9.92. The van der Waals surface area contributed by atoms with E-state index < -0.39 is 0 Å². The predicted molar refractivity (Wildman–Crippen MR) is 242 cm³/mol. The molecule has 0 bridgehead atoms. The lowest BCUT2D eigenvalue weighted by Gasteiger charge is -2.13. The van der Waals surface area contributed by atoms with Gasteiger partial charge in [-0.15, -0.1) is 0 Å². The molecule has 0 aliphatic heterocycles. The Morgan fingerprint density at radius 3 is 1.79 bits per heavy atom. The molecule has 0 atom stereocenters. The van der Waals surface area contributed by atoms with E-state index in [1.165, 1.54) is 59.4 Å². The summed E-state index contributed by atoms with van der Waals surface area (Å²) in [5, 5.41) is 12.4. The summed E-state index contributed by atoms with van der Waals surface area (Å²) in [7, 11) is 0. The fourth-order valence-electron chi connectivity index (χ4n) is 8.13. The topological polar surface area (TPSA) is 64.4 Å². The van der Waals surface area contributed by atoms with E-state index in [2.05, 4.69) is 158 Å². The van der Waals surface area contributed by atoms with Gasteiger partial charge in [0.2, 0.25) is 0 Å². The molecule has 0 spiro atoms. The van der Waals surface area contributed by atoms with Crippen LogP contribution in [0.4, 0.5) is 0 Å². The Balaban J connectivity index is 1.18. The Morgan fingerprint density at radius 2 is 1.09 bits per heavy atom. The van der Waals surface area contributed by atoms with Gasteiger partial charge in [0.05, 0.1) is 12.3 Å². The summed E-state index contributed by atoms with van der Waals surface area (Å²) in [4.78, 5) is 5.35. The highest BCUT2D eigenvalue weighted by atomic mass is 14.7. The standard InChI is InChI=1S/C53H41N3/c1-2-13-41(33-54)36-15-11-17-39(29-36)52(55)32-53(40-18-12-16-37(30-40)50-31-38-14-3-4-19-42(38)43-20-5-9-24-47(43)50)56-34-35-26-27-49-46-23-7-6-21-44(46)45-22-8-10-25-48(45)51(49)28-35/h2-33H,34,54-55H2,1H3/b13-2-,41-33+,52-32-,56-53?. The maximum atomic E-state index is 6.97. The summed E-state index contributed by atoms with van der Waals surface area (Å²) < 4.78 is 0. The minimum absolute atomic E-state index is 0.487. The molecule has 4 N–H and O–H groups in total. The van der Waals surface area contributed by atoms with Crippen molar-refractivity contribution in [2.45, 2.75) is 13.5 Å². The predicted octanol–water partition coefficient (Wildman–Crippen LogP) is 13.0. The van der Waals surface area contributed by atoms with Gasteiger partial charge in [0.15, 0.2) is 0 Å². The minimum atomic E-state index is 0.487. The van der Waals surface area contributed by atoms with E-state index in [1.807, 2.05) is 37.3 Å². The zero-order valence-electron chi connectivity index (χ0n) is 31.3. The van der Waals surface area contributed by atoms with E-state index in [9.17, 15) is 0 Å². The molecule has 0 radical (unpaired) electrons. The molecule has 0 aliphatic rings. The molecule has 0 fully saturated rings. The Morgan fingerprint density at radius 1 is 0.518 bits per heavy atom. The molecule has 0 amide bonds. The molecule has 0 aromatic heterocycles. The fourth-order valence-corrected chi connectivity index (χ4v) is 8.13. The maximum absolute atomic E-state index is 6.97. The van der Waals surface area contributed by atoms with Gasteiger partial charge < -0.3 is 11.5 Å². The third-order valence-electron chi connectivity index (χ3n) is 10.8. The molecule has 0 unspecified atom stereocenters. The summed E-state index contributed by atoms with van der Waals surface area (Å²) in [6.45, 7) is 2.47. The van der Waals surface area contributed by atoms with Crippen LogP contribution < -0.4 is 11.5 Å². The van der Waals surface area contributed by atoms with Crippen LogP contribution in [0.5, 0.6) is 0 Å². The average Bonchev–Trinajstić information content (AvgIpc) is 3.26. The fraction of sp³-hybridized carbons (Fsp3) is 0.0377. The summed E-state index contributed by atoms with van der Waals surface area (Å²) in [5.74, 6) is 0. The Bertz CT molecular complexity index is 3050. The zero-order valence-corrected chi connectivity index (χ0v) is 31.3. The van der Waals surface area contributed by atoms with Crippen molar-refractivity contribution < 1.29 is 0 Å². The summed E-state index contributed by atoms with van der Waals surface area (Å²) in [5.41, 5.74) is 21.7. The molecule has 9 aromatic rings. The second-order valence-corrected chi connectivity index (χ2v) is 14.2. The van der Waals surface area contributed by atoms with Crippen molar-refractivity contribution in [3.05, 3.63) is 217 Å². The lowest BCUT2D eigenvalue weighted by Crippen LogP contribution is -2.05. The molecule has 3 heteroatoms. The van der Waals surface area contributed by atoms with Gasteiger partial charge in [-0.2, -0.15) is 0 Å². The van der Waals surface area contributed by atoms with Crippen LogP contribution in [-0.2, 0) is 6.54 Å². The molecule has 9 aromatic carbocycles. The lowest BCUT2D eigenvalue weighted by molar-refractivity contribution is 1.07. The first kappa shape index (κ1) is 34.5. The van der Waals surface area contributed by atoms with Crippen LogP contribution in [0.2, 0.25) is 0 Å². The normalized spacial score (nSPS) is 12.8. The Labute approximate surface area is 327 Å². The maximum Gasteiger partial charge on any atom is 0.0671 e. The quantitative estimate of drug-likeness (QED) is 0.0933. The van der Waals surface area contributed by atoms with Crippen molar-refractivity contribution >= 4 is 70.8 Å². The van der Waals surface area contributed by atoms with Gasteiger partial charge in [-0.25, -0.2) is 0 Å². The number of allylic oxidation sites excluding steroid dienone is 4. The van der Waals surface area contributed by atoms with Gasteiger partial charge in [-0.1, -0.05) is 158 Å². The summed E-state index contributed by atoms with van der Waals surface area (Å²) in [6.07, 6.45) is 7.63. The van der Waals surface area contributed by atoms with Gasteiger partial charge in [-0.05, 0) is 125 Å². The van der Waals surface area contributed by atoms with Crippen molar-refractivity contribution in [3.63, 3.8) is 0 Å². The average molecular weight is 720 g/mol. The van der Waals surface area contributed by atoms with Crippen LogP contribution in [0.15, 0.2) is 199 Å². The number of rotatable bonds is 8. The van der Waals surface area contributed by atoms with Crippen molar-refractivity contribution in [1.29, 1.82) is 0 Å². The molecule has 9 rings (SSSR count). The second-order valence-electron chi connectivity index (χ2n) is 14.2. The van der Waals surface area contributed by atoms with Gasteiger partial charge >= 0.3 is 0 Å². The minimum Gasteiger partial charge on any atom is -0.404 e. The van der Waals surface area contributed by atoms with Crippen molar-refractivity contribution in [2.75, 3.05) is 0 Å². The first-order valence-corrected chi connectivity index (χ1v) is 19.1. The number of aliphatic imine (C=N–C) groups is 1. The number of nitrogens with zero attached hydrogens (tertiary/aromatic N) is 1. The molecule has 0 aliphatic carbocycles. The Hall–Kier alpha value is -7.23. The second kappa shape index (κ2) is 14.9. The third-order valence-corrected chi connectivity index (χ3v) is 10.8. The number of nitrogens with two attached hydrogens (primary N) is 2. The summed E-state index contributed by atoms with van der Waals surface area (Å²) in [6, 6.07) is 60.6. The molecular formula is C53H41N3. The van der Waals surface area contributed by atoms with Crippen molar-refractivity contribution in [1.82, 2.24) is 0 Å². The smallest absolute Gasteiger partial charge is 0.0671 e. The van der Waals surface area contributed by atoms with Crippen LogP contribution in [0.25, 0.3) is 76.3 Å². The van der Waals surface area contributed by atoms with Gasteiger partial charge in [0.25, 0.3) is 0 Å². The number of hydrogen-bond donors (Lipinski definition) is 2. The van der Waals surface area contributed by atoms with Crippen molar-refractivity contribution in [3.8, 4) is 11.1 Å². The van der Waals surface area contributed by atoms with Crippen molar-refractivity contribution in [2.24, 2.45) is 16.5 Å². The highest BCUT2D eigenvalue weighted by Crippen LogP contribution is 2.37. The van der Waals surface area contributed by atoms with E-state index in [-0.39, 0.29) is 0 Å². The van der Waals surface area contributed by atoms with Gasteiger partial charge in [0.1, 0.15) is 0 Å². The number of hydrogen-bond acceptors (Lipinski definition) is 3. The first-order valence-electron chi connectivity index (χ1n) is 19.1. The molecule has 0 saturated heterocycles. The van der Waals surface area contributed by atoms with E-state index in [4.69, 9.17) is 16.5 Å². The molecular weight excluding hydrogens is 679 g/mol. The molecule has 0 heterocycles. The van der Waals surface area contributed by atoms with Crippen LogP contribution in [-0.4, -0.2) is 5.71 Å². The monoisotopic (exact) mass is 719 g/mol. The summed E-state index contributed by atoms with van der Waals surface area (Å²) >= 11 is 0. The van der Waals surface area contributed by atoms with Crippen LogP contribution >= 0.6 is 0 Å². The molecule has 268 valence electrons. The van der Waals surface area contributed by atoms with E-state index in [0.717, 1.165) is 39.1 Å². The van der Waals surface area contributed by atoms with Crippen LogP contribution in [0, 0.1) is 0 Å².